The van der Waals surface area contributed by atoms with Gasteiger partial charge in [-0.3, -0.25) is 0 Å². The topological polar surface area (TPSA) is 57.2 Å². The van der Waals surface area contributed by atoms with Crippen LogP contribution >= 0.6 is 0 Å². The number of aliphatic hydroxyl groups excluding tert-OH is 1. The zero-order chi connectivity index (χ0) is 19.1. The predicted octanol–water partition coefficient (Wildman–Crippen LogP) is 4.27. The third-order valence-corrected chi connectivity index (χ3v) is 16.5. The van der Waals surface area contributed by atoms with Crippen molar-refractivity contribution < 1.29 is 22.2 Å². The number of hydrogen-bond donors (Lipinski definition) is 1. The Hall–Kier alpha value is 0.668. The Morgan fingerprint density at radius 2 is 1.21 bits per heavy atom. The molecule has 9 heteroatoms. The van der Waals surface area contributed by atoms with Gasteiger partial charge in [0.1, 0.15) is 0 Å². The van der Waals surface area contributed by atoms with E-state index in [1.165, 1.54) is 0 Å². The summed E-state index contributed by atoms with van der Waals surface area (Å²) in [7, 11) is -7.79. The van der Waals surface area contributed by atoms with Crippen LogP contribution in [0.1, 0.15) is 12.8 Å². The van der Waals surface area contributed by atoms with Crippen LogP contribution in [0.4, 0.5) is 0 Å². The van der Waals surface area contributed by atoms with Crippen LogP contribution < -0.4 is 0 Å². The first kappa shape index (κ1) is 24.7. The summed E-state index contributed by atoms with van der Waals surface area (Å²) in [6.45, 7) is 21.0. The van der Waals surface area contributed by atoms with Gasteiger partial charge in [0.15, 0.2) is 16.6 Å². The zero-order valence-electron chi connectivity index (χ0n) is 17.3. The average molecular weight is 413 g/mol. The lowest BCUT2D eigenvalue weighted by Gasteiger charge is -2.41. The maximum Gasteiger partial charge on any atom is 0.315 e. The van der Waals surface area contributed by atoms with Gasteiger partial charge in [-0.05, 0) is 77.8 Å². The Morgan fingerprint density at radius 3 is 1.67 bits per heavy atom. The second-order valence-corrected chi connectivity index (χ2v) is 25.3. The standard InChI is InChI=1S/C15H40O5Si4/c1-21(2,3)18-23(7,8)20-24(9,19-22(4,5)6)15-11-10-13-17-14-12-16/h16H,10-15H2,1-9H3. The summed E-state index contributed by atoms with van der Waals surface area (Å²) in [6.07, 6.45) is 1.99. The Bertz CT molecular complexity index is 355. The van der Waals surface area contributed by atoms with Gasteiger partial charge in [-0.1, -0.05) is 0 Å². The second kappa shape index (κ2) is 10.1. The summed E-state index contributed by atoms with van der Waals surface area (Å²) in [5.74, 6) is 0. The van der Waals surface area contributed by atoms with Gasteiger partial charge in [0.05, 0.1) is 13.2 Å². The number of unbranched alkanes of at least 4 members (excludes halogenated alkanes) is 1. The summed E-state index contributed by atoms with van der Waals surface area (Å²) in [5.41, 5.74) is 0. The van der Waals surface area contributed by atoms with E-state index in [9.17, 15) is 0 Å². The molecule has 0 aliphatic heterocycles. The molecule has 0 spiro atoms. The van der Waals surface area contributed by atoms with Gasteiger partial charge < -0.3 is 22.2 Å². The van der Waals surface area contributed by atoms with Gasteiger partial charge in [-0.2, -0.15) is 0 Å². The molecule has 0 saturated carbocycles. The highest BCUT2D eigenvalue weighted by molar-refractivity contribution is 6.89. The van der Waals surface area contributed by atoms with Gasteiger partial charge in [0.25, 0.3) is 0 Å². The summed E-state index contributed by atoms with van der Waals surface area (Å²) in [6, 6.07) is 0.964. The molecule has 146 valence electrons. The van der Waals surface area contributed by atoms with Crippen molar-refractivity contribution in [2.45, 2.75) is 77.8 Å². The molecule has 0 radical (unpaired) electrons. The highest BCUT2D eigenvalue weighted by Crippen LogP contribution is 2.28. The molecule has 0 bridgehead atoms. The summed E-state index contributed by atoms with van der Waals surface area (Å²) in [4.78, 5) is 0. The van der Waals surface area contributed by atoms with E-state index in [0.717, 1.165) is 18.9 Å². The Morgan fingerprint density at radius 1 is 0.667 bits per heavy atom. The Balaban J connectivity index is 4.76. The zero-order valence-corrected chi connectivity index (χ0v) is 21.3. The van der Waals surface area contributed by atoms with Crippen molar-refractivity contribution in [3.63, 3.8) is 0 Å². The number of aliphatic hydroxyl groups is 1. The molecule has 0 aromatic carbocycles. The van der Waals surface area contributed by atoms with Crippen LogP contribution in [0.15, 0.2) is 0 Å². The Labute approximate surface area is 153 Å². The van der Waals surface area contributed by atoms with Gasteiger partial charge in [0.2, 0.25) is 0 Å². The average Bonchev–Trinajstić information content (AvgIpc) is 2.26. The van der Waals surface area contributed by atoms with Crippen molar-refractivity contribution >= 4 is 33.8 Å². The van der Waals surface area contributed by atoms with Crippen molar-refractivity contribution in [3.05, 3.63) is 0 Å². The molecule has 0 heterocycles. The smallest absolute Gasteiger partial charge is 0.315 e. The van der Waals surface area contributed by atoms with E-state index in [4.69, 9.17) is 22.2 Å². The number of ether oxygens (including phenoxy) is 1. The maximum absolute atomic E-state index is 8.74. The number of hydrogen-bond acceptors (Lipinski definition) is 5. The van der Waals surface area contributed by atoms with Crippen molar-refractivity contribution in [2.75, 3.05) is 19.8 Å². The van der Waals surface area contributed by atoms with Gasteiger partial charge in [-0.15, -0.1) is 0 Å². The fourth-order valence-corrected chi connectivity index (χ4v) is 20.9. The van der Waals surface area contributed by atoms with E-state index in [2.05, 4.69) is 58.9 Å². The lowest BCUT2D eigenvalue weighted by molar-refractivity contribution is 0.0902. The van der Waals surface area contributed by atoms with Crippen molar-refractivity contribution in [1.29, 1.82) is 0 Å². The fraction of sp³-hybridized carbons (Fsp3) is 1.00. The van der Waals surface area contributed by atoms with E-state index in [1.54, 1.807) is 0 Å². The van der Waals surface area contributed by atoms with Crippen molar-refractivity contribution in [1.82, 2.24) is 0 Å². The Kier molecular flexibility index (Phi) is 10.4. The van der Waals surface area contributed by atoms with Gasteiger partial charge in [-0.25, -0.2) is 0 Å². The van der Waals surface area contributed by atoms with Crippen LogP contribution in [0, 0.1) is 0 Å². The molecule has 0 fully saturated rings. The lowest BCUT2D eigenvalue weighted by Crippen LogP contribution is -2.56. The largest absolute Gasteiger partial charge is 0.437 e. The molecule has 0 rings (SSSR count). The molecule has 1 atom stereocenters. The molecule has 24 heavy (non-hydrogen) atoms. The molecule has 1 N–H and O–H groups in total. The summed E-state index contributed by atoms with van der Waals surface area (Å²) in [5, 5.41) is 8.74. The third kappa shape index (κ3) is 13.9. The molecule has 1 unspecified atom stereocenters. The van der Waals surface area contributed by atoms with E-state index < -0.39 is 33.8 Å². The number of rotatable bonds is 13. The molecule has 0 saturated heterocycles. The quantitative estimate of drug-likeness (QED) is 0.361. The van der Waals surface area contributed by atoms with Crippen LogP contribution in [-0.4, -0.2) is 58.7 Å². The van der Waals surface area contributed by atoms with E-state index in [-0.39, 0.29) is 6.61 Å². The first-order chi connectivity index (χ1) is 10.7. The van der Waals surface area contributed by atoms with Crippen LogP contribution in [0.25, 0.3) is 0 Å². The molecule has 0 aromatic rings. The van der Waals surface area contributed by atoms with Crippen LogP contribution in [0.2, 0.25) is 65.0 Å². The minimum atomic E-state index is -2.27. The molecule has 0 amide bonds. The van der Waals surface area contributed by atoms with E-state index in [0.29, 0.717) is 13.2 Å². The molecular weight excluding hydrogens is 373 g/mol. The second-order valence-electron chi connectivity index (χ2n) is 8.86. The molecule has 0 aliphatic rings. The summed E-state index contributed by atoms with van der Waals surface area (Å²) < 4.78 is 24.9. The van der Waals surface area contributed by atoms with Crippen LogP contribution in [0.3, 0.4) is 0 Å². The minimum Gasteiger partial charge on any atom is -0.437 e. The van der Waals surface area contributed by atoms with Crippen molar-refractivity contribution in [2.24, 2.45) is 0 Å². The lowest BCUT2D eigenvalue weighted by atomic mass is 10.4. The third-order valence-electron chi connectivity index (χ3n) is 2.94. The monoisotopic (exact) mass is 412 g/mol. The minimum absolute atomic E-state index is 0.0854. The van der Waals surface area contributed by atoms with Crippen LogP contribution in [0.5, 0.6) is 0 Å². The van der Waals surface area contributed by atoms with Crippen LogP contribution in [-0.2, 0) is 17.1 Å². The van der Waals surface area contributed by atoms with E-state index in [1.807, 2.05) is 0 Å². The molecular formula is C15H40O5Si4. The van der Waals surface area contributed by atoms with E-state index >= 15 is 0 Å². The first-order valence-electron chi connectivity index (χ1n) is 8.97. The first-order valence-corrected chi connectivity index (χ1v) is 21.1. The maximum atomic E-state index is 8.74. The molecule has 5 nitrogen and oxygen atoms in total. The normalized spacial score (nSPS) is 16.2. The fourth-order valence-electron chi connectivity index (χ4n) is 2.87. The van der Waals surface area contributed by atoms with Crippen molar-refractivity contribution in [3.8, 4) is 0 Å². The SMILES string of the molecule is C[Si](C)(C)O[Si](C)(C)O[Si](C)(CCCCOCCO)O[Si](C)(C)C. The summed E-state index contributed by atoms with van der Waals surface area (Å²) >= 11 is 0. The highest BCUT2D eigenvalue weighted by atomic mass is 28.5. The molecule has 0 aliphatic carbocycles. The van der Waals surface area contributed by atoms with Gasteiger partial charge >= 0.3 is 17.1 Å². The highest BCUT2D eigenvalue weighted by Gasteiger charge is 2.44. The van der Waals surface area contributed by atoms with Gasteiger partial charge in [0, 0.05) is 6.61 Å². The molecule has 0 aromatic heterocycles. The predicted molar refractivity (Wildman–Crippen MR) is 111 cm³/mol.